The van der Waals surface area contributed by atoms with E-state index in [9.17, 15) is 9.50 Å². The molecule has 5 heteroatoms. The minimum Gasteiger partial charge on any atom is -0.393 e. The molecule has 3 atom stereocenters. The van der Waals surface area contributed by atoms with Gasteiger partial charge in [-0.3, -0.25) is 9.88 Å². The first-order chi connectivity index (χ1) is 11.6. The Morgan fingerprint density at radius 2 is 2.21 bits per heavy atom. The molecule has 0 spiro atoms. The number of rotatable bonds is 3. The zero-order valence-electron chi connectivity index (χ0n) is 13.9. The van der Waals surface area contributed by atoms with Crippen molar-refractivity contribution in [3.63, 3.8) is 0 Å². The fourth-order valence-corrected chi connectivity index (χ4v) is 4.39. The molecule has 1 aliphatic heterocycles. The smallest absolute Gasteiger partial charge is 0.123 e. The van der Waals surface area contributed by atoms with Crippen LogP contribution in [0.2, 0.25) is 0 Å². The first-order valence-corrected chi connectivity index (χ1v) is 8.62. The van der Waals surface area contributed by atoms with Crippen molar-refractivity contribution < 1.29 is 14.2 Å². The molecule has 2 aliphatic rings. The number of ether oxygens (including phenoxy) is 1. The van der Waals surface area contributed by atoms with Crippen LogP contribution in [-0.4, -0.2) is 46.4 Å². The van der Waals surface area contributed by atoms with Gasteiger partial charge in [0.05, 0.1) is 22.9 Å². The Labute approximate surface area is 141 Å². The summed E-state index contributed by atoms with van der Waals surface area (Å²) in [7, 11) is 1.79. The van der Waals surface area contributed by atoms with E-state index in [4.69, 9.17) is 4.74 Å². The number of fused-ring (bicyclic) bond motifs is 2. The van der Waals surface area contributed by atoms with Crippen molar-refractivity contribution in [1.29, 1.82) is 0 Å². The molecule has 2 fully saturated rings. The lowest BCUT2D eigenvalue weighted by Crippen LogP contribution is -2.51. The summed E-state index contributed by atoms with van der Waals surface area (Å²) in [5.41, 5.74) is 1.66. The van der Waals surface area contributed by atoms with Crippen molar-refractivity contribution in [2.75, 3.05) is 13.7 Å². The molecule has 1 N–H and O–H groups in total. The number of aliphatic hydroxyl groups is 1. The maximum Gasteiger partial charge on any atom is 0.123 e. The highest BCUT2D eigenvalue weighted by atomic mass is 19.1. The molecular formula is C19H23FN2O2. The van der Waals surface area contributed by atoms with Crippen molar-refractivity contribution >= 4 is 10.9 Å². The van der Waals surface area contributed by atoms with Gasteiger partial charge in [0.15, 0.2) is 0 Å². The average Bonchev–Trinajstić information content (AvgIpc) is 2.94. The van der Waals surface area contributed by atoms with E-state index < -0.39 is 0 Å². The van der Waals surface area contributed by atoms with Gasteiger partial charge in [-0.25, -0.2) is 4.39 Å². The van der Waals surface area contributed by atoms with E-state index in [-0.39, 0.29) is 23.6 Å². The van der Waals surface area contributed by atoms with Crippen LogP contribution in [0.3, 0.4) is 0 Å². The van der Waals surface area contributed by atoms with E-state index in [0.29, 0.717) is 0 Å². The maximum absolute atomic E-state index is 13.3. The average molecular weight is 330 g/mol. The third kappa shape index (κ3) is 2.70. The molecule has 0 amide bonds. The van der Waals surface area contributed by atoms with Gasteiger partial charge in [-0.1, -0.05) is 6.07 Å². The number of halogens is 1. The molecule has 0 radical (unpaired) electrons. The highest BCUT2D eigenvalue weighted by molar-refractivity contribution is 5.78. The zero-order valence-corrected chi connectivity index (χ0v) is 13.9. The minimum absolute atomic E-state index is 0.126. The summed E-state index contributed by atoms with van der Waals surface area (Å²) in [6, 6.07) is 8.81. The predicted molar refractivity (Wildman–Crippen MR) is 90.1 cm³/mol. The third-order valence-electron chi connectivity index (χ3n) is 5.75. The Balaban J connectivity index is 1.57. The predicted octanol–water partition coefficient (Wildman–Crippen LogP) is 2.88. The minimum atomic E-state index is -0.244. The molecule has 24 heavy (non-hydrogen) atoms. The fourth-order valence-electron chi connectivity index (χ4n) is 4.39. The zero-order chi connectivity index (χ0) is 16.7. The van der Waals surface area contributed by atoms with E-state index in [2.05, 4.69) is 9.88 Å². The van der Waals surface area contributed by atoms with E-state index >= 15 is 0 Å². The Kier molecular flexibility index (Phi) is 4.03. The SMILES string of the molecule is CO[C@@]12CC[C@H](O)C[C@@H]1N(Cc1ccc3cc(F)ccc3n1)CC2. The molecule has 2 aromatic rings. The van der Waals surface area contributed by atoms with Gasteiger partial charge in [-0.05, 0) is 49.9 Å². The lowest BCUT2D eigenvalue weighted by Gasteiger charge is -2.42. The quantitative estimate of drug-likeness (QED) is 0.940. The van der Waals surface area contributed by atoms with Crippen LogP contribution in [0.4, 0.5) is 4.39 Å². The molecule has 1 aliphatic carbocycles. The first kappa shape index (κ1) is 15.9. The second kappa shape index (κ2) is 6.06. The number of pyridine rings is 1. The van der Waals surface area contributed by atoms with Gasteiger partial charge in [0.1, 0.15) is 5.82 Å². The van der Waals surface area contributed by atoms with Crippen molar-refractivity contribution in [3.05, 3.63) is 41.8 Å². The molecule has 2 heterocycles. The van der Waals surface area contributed by atoms with Crippen LogP contribution in [0, 0.1) is 5.82 Å². The van der Waals surface area contributed by atoms with E-state index in [1.54, 1.807) is 13.2 Å². The second-order valence-corrected chi connectivity index (χ2v) is 7.07. The van der Waals surface area contributed by atoms with Crippen LogP contribution in [0.15, 0.2) is 30.3 Å². The maximum atomic E-state index is 13.3. The number of hydrogen-bond donors (Lipinski definition) is 1. The van der Waals surface area contributed by atoms with Crippen LogP contribution >= 0.6 is 0 Å². The number of hydrogen-bond acceptors (Lipinski definition) is 4. The summed E-state index contributed by atoms with van der Waals surface area (Å²) in [5.74, 6) is -0.238. The molecule has 1 saturated carbocycles. The molecule has 0 unspecified atom stereocenters. The van der Waals surface area contributed by atoms with Gasteiger partial charge in [0, 0.05) is 31.6 Å². The fraction of sp³-hybridized carbons (Fsp3) is 0.526. The standard InChI is InChI=1S/C19H23FN2O2/c1-24-19-7-6-16(23)11-18(19)22(9-8-19)12-15-4-2-13-10-14(20)3-5-17(13)21-15/h2-5,10,16,18,23H,6-9,11-12H2,1H3/t16-,18-,19+/m0/s1. The summed E-state index contributed by atoms with van der Waals surface area (Å²) in [4.78, 5) is 7.05. The van der Waals surface area contributed by atoms with Crippen LogP contribution in [0.25, 0.3) is 10.9 Å². The Morgan fingerprint density at radius 1 is 1.33 bits per heavy atom. The second-order valence-electron chi connectivity index (χ2n) is 7.07. The lowest BCUT2D eigenvalue weighted by molar-refractivity contribution is -0.0880. The largest absolute Gasteiger partial charge is 0.393 e. The number of nitrogens with zero attached hydrogens (tertiary/aromatic N) is 2. The normalized spacial score (nSPS) is 30.6. The van der Waals surface area contributed by atoms with Gasteiger partial charge in [-0.2, -0.15) is 0 Å². The summed E-state index contributed by atoms with van der Waals surface area (Å²) >= 11 is 0. The van der Waals surface area contributed by atoms with Gasteiger partial charge >= 0.3 is 0 Å². The van der Waals surface area contributed by atoms with Gasteiger partial charge < -0.3 is 9.84 Å². The van der Waals surface area contributed by atoms with E-state index in [1.807, 2.05) is 12.1 Å². The van der Waals surface area contributed by atoms with Crippen LogP contribution in [0.1, 0.15) is 31.4 Å². The van der Waals surface area contributed by atoms with Crippen LogP contribution in [-0.2, 0) is 11.3 Å². The van der Waals surface area contributed by atoms with Gasteiger partial charge in [0.2, 0.25) is 0 Å². The molecular weight excluding hydrogens is 307 g/mol. The highest BCUT2D eigenvalue weighted by Crippen LogP contribution is 2.42. The van der Waals surface area contributed by atoms with Crippen molar-refractivity contribution in [2.45, 2.75) is 50.0 Å². The molecule has 0 bridgehead atoms. The Morgan fingerprint density at radius 3 is 3.04 bits per heavy atom. The number of aromatic nitrogens is 1. The molecule has 1 saturated heterocycles. The first-order valence-electron chi connectivity index (χ1n) is 8.62. The van der Waals surface area contributed by atoms with Crippen molar-refractivity contribution in [1.82, 2.24) is 9.88 Å². The molecule has 1 aromatic heterocycles. The van der Waals surface area contributed by atoms with Crippen LogP contribution in [0.5, 0.6) is 0 Å². The van der Waals surface area contributed by atoms with Crippen molar-refractivity contribution in [2.24, 2.45) is 0 Å². The van der Waals surface area contributed by atoms with Crippen LogP contribution < -0.4 is 0 Å². The lowest BCUT2D eigenvalue weighted by atomic mass is 9.79. The molecule has 4 rings (SSSR count). The van der Waals surface area contributed by atoms with Gasteiger partial charge in [0.25, 0.3) is 0 Å². The summed E-state index contributed by atoms with van der Waals surface area (Å²) in [6.07, 6.45) is 3.24. The molecule has 1 aromatic carbocycles. The summed E-state index contributed by atoms with van der Waals surface area (Å²) in [5, 5.41) is 10.9. The summed E-state index contributed by atoms with van der Waals surface area (Å²) < 4.78 is 19.2. The number of aliphatic hydroxyl groups excluding tert-OH is 1. The number of benzene rings is 1. The topological polar surface area (TPSA) is 45.6 Å². The van der Waals surface area contributed by atoms with Crippen molar-refractivity contribution in [3.8, 4) is 0 Å². The molecule has 4 nitrogen and oxygen atoms in total. The number of methoxy groups -OCH3 is 1. The van der Waals surface area contributed by atoms with E-state index in [0.717, 1.165) is 55.4 Å². The molecule has 128 valence electrons. The highest BCUT2D eigenvalue weighted by Gasteiger charge is 2.50. The number of likely N-dealkylation sites (tertiary alicyclic amines) is 1. The van der Waals surface area contributed by atoms with E-state index in [1.165, 1.54) is 12.1 Å². The summed E-state index contributed by atoms with van der Waals surface area (Å²) in [6.45, 7) is 1.68. The third-order valence-corrected chi connectivity index (χ3v) is 5.75. The monoisotopic (exact) mass is 330 g/mol. The Hall–Kier alpha value is -1.56. The van der Waals surface area contributed by atoms with Gasteiger partial charge in [-0.15, -0.1) is 0 Å². The Bertz CT molecular complexity index is 753.